The number of nitrogens with one attached hydrogen (secondary N) is 2. The second-order valence-corrected chi connectivity index (χ2v) is 6.17. The summed E-state index contributed by atoms with van der Waals surface area (Å²) in [5.74, 6) is 1.57. The van der Waals surface area contributed by atoms with Gasteiger partial charge >= 0.3 is 0 Å². The van der Waals surface area contributed by atoms with Crippen LogP contribution in [0.25, 0.3) is 0 Å². The summed E-state index contributed by atoms with van der Waals surface area (Å²) in [5, 5.41) is 17.8. The van der Waals surface area contributed by atoms with Crippen LogP contribution in [-0.2, 0) is 13.2 Å². The topological polar surface area (TPSA) is 85.0 Å². The van der Waals surface area contributed by atoms with Crippen LogP contribution in [0.3, 0.4) is 0 Å². The average molecular weight is 394 g/mol. The number of benzene rings is 2. The number of halogens is 2. The second-order valence-electron chi connectivity index (χ2n) is 5.33. The lowest BCUT2D eigenvalue weighted by Gasteiger charge is -2.15. The van der Waals surface area contributed by atoms with Crippen molar-refractivity contribution in [1.82, 2.24) is 20.6 Å². The summed E-state index contributed by atoms with van der Waals surface area (Å²) < 4.78 is 11.6. The molecule has 0 bridgehead atoms. The Morgan fingerprint density at radius 1 is 1.12 bits per heavy atom. The SMILES string of the molecule is CCOc1cc(CNc2nn[nH]n2)c(Cl)cc1OCc1cccc(Cl)c1. The average Bonchev–Trinajstić information content (AvgIpc) is 3.14. The standard InChI is InChI=1S/C17H17Cl2N5O2/c1-2-25-15-7-12(9-20-17-21-23-24-22-17)14(19)8-16(15)26-10-11-4-3-5-13(18)6-11/h3-8H,2,9-10H2,1H3,(H2,20,21,22,23,24). The van der Waals surface area contributed by atoms with Gasteiger partial charge in [-0.25, -0.2) is 0 Å². The van der Waals surface area contributed by atoms with Crippen LogP contribution in [0.15, 0.2) is 36.4 Å². The molecule has 3 aromatic rings. The van der Waals surface area contributed by atoms with Crippen LogP contribution in [0.2, 0.25) is 10.0 Å². The third-order valence-corrected chi connectivity index (χ3v) is 4.07. The van der Waals surface area contributed by atoms with E-state index in [4.69, 9.17) is 32.7 Å². The number of H-pyrrole nitrogens is 1. The number of hydrogen-bond donors (Lipinski definition) is 2. The Kier molecular flexibility index (Phi) is 6.14. The van der Waals surface area contributed by atoms with Crippen LogP contribution < -0.4 is 14.8 Å². The van der Waals surface area contributed by atoms with Gasteiger partial charge in [-0.1, -0.05) is 40.4 Å². The van der Waals surface area contributed by atoms with Gasteiger partial charge in [0.05, 0.1) is 6.61 Å². The molecule has 0 saturated heterocycles. The predicted molar refractivity (Wildman–Crippen MR) is 99.9 cm³/mol. The number of aromatic nitrogens is 4. The van der Waals surface area contributed by atoms with E-state index in [2.05, 4.69) is 25.9 Å². The second kappa shape index (κ2) is 8.73. The Hall–Kier alpha value is -2.51. The van der Waals surface area contributed by atoms with E-state index >= 15 is 0 Å². The van der Waals surface area contributed by atoms with Gasteiger partial charge in [0.25, 0.3) is 5.95 Å². The fourth-order valence-electron chi connectivity index (χ4n) is 2.29. The zero-order valence-corrected chi connectivity index (χ0v) is 15.5. The fourth-order valence-corrected chi connectivity index (χ4v) is 2.73. The number of hydrogen-bond acceptors (Lipinski definition) is 6. The number of nitrogens with zero attached hydrogens (tertiary/aromatic N) is 3. The molecular formula is C17H17Cl2N5O2. The monoisotopic (exact) mass is 393 g/mol. The first-order valence-electron chi connectivity index (χ1n) is 7.95. The number of rotatable bonds is 8. The summed E-state index contributed by atoms with van der Waals surface area (Å²) in [7, 11) is 0. The smallest absolute Gasteiger partial charge is 0.263 e. The van der Waals surface area contributed by atoms with Gasteiger partial charge in [-0.2, -0.15) is 5.21 Å². The molecule has 9 heteroatoms. The molecule has 2 aromatic carbocycles. The maximum absolute atomic E-state index is 6.39. The first kappa shape index (κ1) is 18.3. The maximum Gasteiger partial charge on any atom is 0.263 e. The molecular weight excluding hydrogens is 377 g/mol. The highest BCUT2D eigenvalue weighted by Crippen LogP contribution is 2.34. The Morgan fingerprint density at radius 2 is 1.96 bits per heavy atom. The lowest BCUT2D eigenvalue weighted by molar-refractivity contribution is 0.269. The summed E-state index contributed by atoms with van der Waals surface area (Å²) in [5.41, 5.74) is 1.79. The molecule has 0 aliphatic heterocycles. The Bertz CT molecular complexity index is 858. The quantitative estimate of drug-likeness (QED) is 0.599. The predicted octanol–water partition coefficient (Wildman–Crippen LogP) is 4.10. The van der Waals surface area contributed by atoms with E-state index in [0.717, 1.165) is 11.1 Å². The van der Waals surface area contributed by atoms with Crippen molar-refractivity contribution in [2.75, 3.05) is 11.9 Å². The first-order chi connectivity index (χ1) is 12.7. The summed E-state index contributed by atoms with van der Waals surface area (Å²) in [6.07, 6.45) is 0. The van der Waals surface area contributed by atoms with Crippen LogP contribution in [0.1, 0.15) is 18.1 Å². The molecule has 0 unspecified atom stereocenters. The molecule has 0 aliphatic carbocycles. The van der Waals surface area contributed by atoms with E-state index in [1.807, 2.05) is 37.3 Å². The van der Waals surface area contributed by atoms with E-state index in [-0.39, 0.29) is 0 Å². The Labute approximate surface area is 160 Å². The molecule has 0 fully saturated rings. The van der Waals surface area contributed by atoms with E-state index in [1.165, 1.54) is 0 Å². The third-order valence-electron chi connectivity index (χ3n) is 3.48. The zero-order chi connectivity index (χ0) is 18.4. The minimum Gasteiger partial charge on any atom is -0.490 e. The van der Waals surface area contributed by atoms with Crippen molar-refractivity contribution >= 4 is 29.2 Å². The lowest BCUT2D eigenvalue weighted by atomic mass is 10.2. The van der Waals surface area contributed by atoms with Gasteiger partial charge < -0.3 is 14.8 Å². The van der Waals surface area contributed by atoms with Crippen molar-refractivity contribution in [2.24, 2.45) is 0 Å². The summed E-state index contributed by atoms with van der Waals surface area (Å²) >= 11 is 12.4. The fraction of sp³-hybridized carbons (Fsp3) is 0.235. The molecule has 0 saturated carbocycles. The molecule has 0 aliphatic rings. The number of aromatic amines is 1. The molecule has 7 nitrogen and oxygen atoms in total. The minimum absolute atomic E-state index is 0.359. The number of anilines is 1. The zero-order valence-electron chi connectivity index (χ0n) is 14.0. The highest BCUT2D eigenvalue weighted by molar-refractivity contribution is 6.31. The van der Waals surface area contributed by atoms with Crippen molar-refractivity contribution in [1.29, 1.82) is 0 Å². The molecule has 1 heterocycles. The van der Waals surface area contributed by atoms with E-state index in [9.17, 15) is 0 Å². The van der Waals surface area contributed by atoms with E-state index in [1.54, 1.807) is 6.07 Å². The summed E-state index contributed by atoms with van der Waals surface area (Å²) in [4.78, 5) is 0. The third kappa shape index (κ3) is 4.77. The first-order valence-corrected chi connectivity index (χ1v) is 8.71. The number of tetrazole rings is 1. The largest absolute Gasteiger partial charge is 0.490 e. The van der Waals surface area contributed by atoms with Gasteiger partial charge in [0, 0.05) is 22.7 Å². The molecule has 1 aromatic heterocycles. The van der Waals surface area contributed by atoms with Crippen molar-refractivity contribution in [3.05, 3.63) is 57.6 Å². The highest BCUT2D eigenvalue weighted by Gasteiger charge is 2.12. The lowest BCUT2D eigenvalue weighted by Crippen LogP contribution is -2.05. The van der Waals surface area contributed by atoms with Gasteiger partial charge in [-0.3, -0.25) is 0 Å². The van der Waals surface area contributed by atoms with Gasteiger partial charge in [-0.05, 0) is 41.5 Å². The van der Waals surface area contributed by atoms with Crippen molar-refractivity contribution in [3.8, 4) is 11.5 Å². The van der Waals surface area contributed by atoms with Gasteiger partial charge in [-0.15, -0.1) is 5.10 Å². The van der Waals surface area contributed by atoms with Crippen LogP contribution in [0, 0.1) is 0 Å². The molecule has 26 heavy (non-hydrogen) atoms. The van der Waals surface area contributed by atoms with E-state index in [0.29, 0.717) is 47.3 Å². The minimum atomic E-state index is 0.359. The highest BCUT2D eigenvalue weighted by atomic mass is 35.5. The van der Waals surface area contributed by atoms with Crippen LogP contribution in [0.5, 0.6) is 11.5 Å². The van der Waals surface area contributed by atoms with Crippen molar-refractivity contribution < 1.29 is 9.47 Å². The molecule has 136 valence electrons. The maximum atomic E-state index is 6.39. The van der Waals surface area contributed by atoms with Gasteiger partial charge in [0.15, 0.2) is 11.5 Å². The summed E-state index contributed by atoms with van der Waals surface area (Å²) in [6.45, 7) is 3.20. The normalized spacial score (nSPS) is 10.6. The number of ether oxygens (including phenoxy) is 2. The van der Waals surface area contributed by atoms with Gasteiger partial charge in [0.1, 0.15) is 6.61 Å². The van der Waals surface area contributed by atoms with E-state index < -0.39 is 0 Å². The van der Waals surface area contributed by atoms with Crippen LogP contribution in [0.4, 0.5) is 5.95 Å². The molecule has 3 rings (SSSR count). The van der Waals surface area contributed by atoms with Crippen LogP contribution >= 0.6 is 23.2 Å². The molecule has 2 N–H and O–H groups in total. The van der Waals surface area contributed by atoms with Crippen molar-refractivity contribution in [2.45, 2.75) is 20.1 Å². The molecule has 0 spiro atoms. The Morgan fingerprint density at radius 3 is 2.69 bits per heavy atom. The van der Waals surface area contributed by atoms with Gasteiger partial charge in [0.2, 0.25) is 0 Å². The molecule has 0 amide bonds. The van der Waals surface area contributed by atoms with Crippen molar-refractivity contribution in [3.63, 3.8) is 0 Å². The molecule has 0 radical (unpaired) electrons. The molecule has 0 atom stereocenters. The summed E-state index contributed by atoms with van der Waals surface area (Å²) in [6, 6.07) is 11.1. The van der Waals surface area contributed by atoms with Crippen LogP contribution in [-0.4, -0.2) is 27.2 Å². The Balaban J connectivity index is 1.75.